The largest absolute Gasteiger partial charge is 0.345 e. The van der Waals surface area contributed by atoms with Crippen LogP contribution in [0.1, 0.15) is 0 Å². The standard InChI is InChI=1S/C16H14N4OS/c17-13-14(15(22)18-11-7-3-1-4-8-11)19-20(16(13)21)12-9-5-2-6-10-12/h1-10,13H,17H2,(H,18,22). The van der Waals surface area contributed by atoms with E-state index in [1.54, 1.807) is 12.1 Å². The number of nitrogens with one attached hydrogen (secondary N) is 1. The van der Waals surface area contributed by atoms with Gasteiger partial charge in [-0.15, -0.1) is 0 Å². The SMILES string of the molecule is NC1C(=O)N(c2ccccc2)N=C1C(=S)Nc1ccccc1. The number of para-hydroxylation sites is 2. The van der Waals surface area contributed by atoms with E-state index < -0.39 is 6.04 Å². The van der Waals surface area contributed by atoms with Gasteiger partial charge in [0.25, 0.3) is 5.91 Å². The van der Waals surface area contributed by atoms with Crippen LogP contribution in [0.15, 0.2) is 65.8 Å². The molecule has 1 heterocycles. The molecule has 3 rings (SSSR count). The van der Waals surface area contributed by atoms with Crippen molar-refractivity contribution in [3.63, 3.8) is 0 Å². The fraction of sp³-hybridized carbons (Fsp3) is 0.0625. The van der Waals surface area contributed by atoms with Gasteiger partial charge in [-0.3, -0.25) is 4.79 Å². The summed E-state index contributed by atoms with van der Waals surface area (Å²) in [5.74, 6) is -0.293. The first-order valence-electron chi connectivity index (χ1n) is 6.76. The number of nitrogens with zero attached hydrogens (tertiary/aromatic N) is 2. The van der Waals surface area contributed by atoms with Crippen LogP contribution in [0.5, 0.6) is 0 Å². The third kappa shape index (κ3) is 2.74. The highest BCUT2D eigenvalue weighted by atomic mass is 32.1. The van der Waals surface area contributed by atoms with E-state index in [1.807, 2.05) is 48.5 Å². The van der Waals surface area contributed by atoms with Gasteiger partial charge in [-0.2, -0.15) is 10.1 Å². The Bertz CT molecular complexity index is 730. The van der Waals surface area contributed by atoms with Crippen LogP contribution in [-0.4, -0.2) is 22.6 Å². The van der Waals surface area contributed by atoms with Crippen LogP contribution in [0.25, 0.3) is 0 Å². The lowest BCUT2D eigenvalue weighted by Crippen LogP contribution is -2.42. The quantitative estimate of drug-likeness (QED) is 0.852. The van der Waals surface area contributed by atoms with Crippen molar-refractivity contribution in [2.45, 2.75) is 6.04 Å². The number of benzene rings is 2. The molecule has 22 heavy (non-hydrogen) atoms. The number of carbonyl (C=O) groups is 1. The second-order valence-electron chi connectivity index (χ2n) is 4.77. The zero-order chi connectivity index (χ0) is 15.5. The van der Waals surface area contributed by atoms with E-state index in [0.29, 0.717) is 16.4 Å². The summed E-state index contributed by atoms with van der Waals surface area (Å²) in [5.41, 5.74) is 7.82. The van der Waals surface area contributed by atoms with Crippen molar-refractivity contribution in [1.82, 2.24) is 0 Å². The number of rotatable bonds is 3. The summed E-state index contributed by atoms with van der Waals surface area (Å²) in [6.45, 7) is 0. The van der Waals surface area contributed by atoms with Crippen molar-refractivity contribution in [3.05, 3.63) is 60.7 Å². The molecule has 3 N–H and O–H groups in total. The van der Waals surface area contributed by atoms with E-state index in [9.17, 15) is 4.79 Å². The lowest BCUT2D eigenvalue weighted by atomic mass is 10.2. The van der Waals surface area contributed by atoms with Gasteiger partial charge >= 0.3 is 0 Å². The second kappa shape index (κ2) is 6.05. The van der Waals surface area contributed by atoms with Crippen molar-refractivity contribution in [2.75, 3.05) is 10.3 Å². The summed E-state index contributed by atoms with van der Waals surface area (Å²) in [6.07, 6.45) is 0. The van der Waals surface area contributed by atoms with Crippen LogP contribution in [0.3, 0.4) is 0 Å². The normalized spacial score (nSPS) is 17.3. The third-order valence-corrected chi connectivity index (χ3v) is 3.55. The highest BCUT2D eigenvalue weighted by Gasteiger charge is 2.35. The van der Waals surface area contributed by atoms with Crippen LogP contribution in [0, 0.1) is 0 Å². The Hall–Kier alpha value is -2.57. The zero-order valence-corrected chi connectivity index (χ0v) is 12.5. The summed E-state index contributed by atoms with van der Waals surface area (Å²) in [5, 5.41) is 8.63. The van der Waals surface area contributed by atoms with Crippen LogP contribution < -0.4 is 16.1 Å². The number of hydrazone groups is 1. The van der Waals surface area contributed by atoms with Gasteiger partial charge in [0.05, 0.1) is 5.69 Å². The Balaban J connectivity index is 1.84. The van der Waals surface area contributed by atoms with Crippen LogP contribution in [0.2, 0.25) is 0 Å². The predicted octanol–water partition coefficient (Wildman–Crippen LogP) is 2.16. The number of anilines is 2. The van der Waals surface area contributed by atoms with Crippen molar-refractivity contribution in [2.24, 2.45) is 10.8 Å². The maximum Gasteiger partial charge on any atom is 0.270 e. The number of hydrogen-bond donors (Lipinski definition) is 2. The van der Waals surface area contributed by atoms with E-state index in [0.717, 1.165) is 5.69 Å². The van der Waals surface area contributed by atoms with Gasteiger partial charge in [0.15, 0.2) is 0 Å². The first kappa shape index (κ1) is 14.4. The highest BCUT2D eigenvalue weighted by molar-refractivity contribution is 7.82. The van der Waals surface area contributed by atoms with Gasteiger partial charge in [-0.25, -0.2) is 0 Å². The monoisotopic (exact) mass is 310 g/mol. The van der Waals surface area contributed by atoms with Gasteiger partial charge < -0.3 is 11.1 Å². The predicted molar refractivity (Wildman–Crippen MR) is 92.0 cm³/mol. The van der Waals surface area contributed by atoms with Crippen molar-refractivity contribution < 1.29 is 4.79 Å². The molecule has 0 saturated carbocycles. The topological polar surface area (TPSA) is 70.7 Å². The van der Waals surface area contributed by atoms with Gasteiger partial charge in [0, 0.05) is 5.69 Å². The summed E-state index contributed by atoms with van der Waals surface area (Å²) >= 11 is 5.33. The second-order valence-corrected chi connectivity index (χ2v) is 5.18. The van der Waals surface area contributed by atoms with E-state index in [1.165, 1.54) is 5.01 Å². The molecule has 1 atom stereocenters. The molecule has 2 aromatic carbocycles. The molecule has 6 heteroatoms. The molecule has 0 fully saturated rings. The summed E-state index contributed by atoms with van der Waals surface area (Å²) in [6, 6.07) is 17.7. The van der Waals surface area contributed by atoms with E-state index in [2.05, 4.69) is 10.4 Å². The average molecular weight is 310 g/mol. The zero-order valence-electron chi connectivity index (χ0n) is 11.6. The Morgan fingerprint density at radius 1 is 1.09 bits per heavy atom. The van der Waals surface area contributed by atoms with Crippen molar-refractivity contribution >= 4 is 40.2 Å². The van der Waals surface area contributed by atoms with E-state index in [4.69, 9.17) is 18.0 Å². The van der Waals surface area contributed by atoms with Gasteiger partial charge in [0.2, 0.25) is 0 Å². The van der Waals surface area contributed by atoms with Gasteiger partial charge in [-0.05, 0) is 24.3 Å². The summed E-state index contributed by atoms with van der Waals surface area (Å²) in [4.78, 5) is 12.6. The molecule has 1 aliphatic heterocycles. The smallest absolute Gasteiger partial charge is 0.270 e. The van der Waals surface area contributed by atoms with E-state index in [-0.39, 0.29) is 5.91 Å². The summed E-state index contributed by atoms with van der Waals surface area (Å²) < 4.78 is 0. The molecule has 0 saturated heterocycles. The molecular formula is C16H14N4OS. The number of hydrogen-bond acceptors (Lipinski definition) is 4. The molecule has 1 aliphatic rings. The average Bonchev–Trinajstić information content (AvgIpc) is 2.85. The highest BCUT2D eigenvalue weighted by Crippen LogP contribution is 2.20. The van der Waals surface area contributed by atoms with Crippen LogP contribution >= 0.6 is 12.2 Å². The van der Waals surface area contributed by atoms with Gasteiger partial charge in [0.1, 0.15) is 16.7 Å². The fourth-order valence-corrected chi connectivity index (χ4v) is 2.41. The van der Waals surface area contributed by atoms with Crippen molar-refractivity contribution in [3.8, 4) is 0 Å². The maximum atomic E-state index is 12.3. The molecule has 0 bridgehead atoms. The molecule has 110 valence electrons. The van der Waals surface area contributed by atoms with Crippen molar-refractivity contribution in [1.29, 1.82) is 0 Å². The Kier molecular flexibility index (Phi) is 3.95. The lowest BCUT2D eigenvalue weighted by molar-refractivity contribution is -0.117. The fourth-order valence-electron chi connectivity index (χ4n) is 2.13. The number of nitrogens with two attached hydrogens (primary N) is 1. The first-order valence-corrected chi connectivity index (χ1v) is 7.17. The Morgan fingerprint density at radius 3 is 2.32 bits per heavy atom. The molecule has 0 aromatic heterocycles. The minimum absolute atomic E-state index is 0.293. The molecule has 5 nitrogen and oxygen atoms in total. The molecule has 0 radical (unpaired) electrons. The molecule has 0 aliphatic carbocycles. The van der Waals surface area contributed by atoms with Gasteiger partial charge in [-0.1, -0.05) is 48.6 Å². The third-order valence-electron chi connectivity index (χ3n) is 3.24. The molecule has 1 unspecified atom stereocenters. The minimum atomic E-state index is -0.857. The first-order chi connectivity index (χ1) is 10.7. The molecule has 0 spiro atoms. The maximum absolute atomic E-state index is 12.3. The molecule has 2 aromatic rings. The minimum Gasteiger partial charge on any atom is -0.345 e. The van der Waals surface area contributed by atoms with E-state index >= 15 is 0 Å². The van der Waals surface area contributed by atoms with Crippen LogP contribution in [-0.2, 0) is 4.79 Å². The summed E-state index contributed by atoms with van der Waals surface area (Å²) in [7, 11) is 0. The lowest BCUT2D eigenvalue weighted by Gasteiger charge is -2.11. The number of thiocarbonyl (C=S) groups is 1. The molecular weight excluding hydrogens is 296 g/mol. The molecule has 1 amide bonds. The number of amides is 1. The van der Waals surface area contributed by atoms with Crippen LogP contribution in [0.4, 0.5) is 11.4 Å². The Labute approximate surface area is 133 Å². The number of carbonyl (C=O) groups excluding carboxylic acids is 1. The Morgan fingerprint density at radius 2 is 1.68 bits per heavy atom.